The molecule has 0 aromatic rings. The van der Waals surface area contributed by atoms with Crippen LogP contribution in [-0.4, -0.2) is 0 Å². The Morgan fingerprint density at radius 2 is 0.900 bits per heavy atom. The van der Waals surface area contributed by atoms with E-state index in [4.69, 9.17) is 0 Å². The van der Waals surface area contributed by atoms with E-state index in [9.17, 15) is 0 Å². The van der Waals surface area contributed by atoms with E-state index in [0.29, 0.717) is 10.8 Å². The van der Waals surface area contributed by atoms with Crippen molar-refractivity contribution in [2.75, 3.05) is 0 Å². The largest absolute Gasteiger partial charge is 0.0586 e. The Hall–Kier alpha value is -0.780. The van der Waals surface area contributed by atoms with E-state index in [1.54, 1.807) is 0 Å². The van der Waals surface area contributed by atoms with Gasteiger partial charge in [0.2, 0.25) is 0 Å². The Bertz CT molecular complexity index is 585. The molecule has 2 saturated carbocycles. The van der Waals surface area contributed by atoms with Gasteiger partial charge in [-0.05, 0) is 88.2 Å². The molecule has 0 aromatic carbocycles. The second kappa shape index (κ2) is 3.18. The highest BCUT2D eigenvalue weighted by Gasteiger charge is 2.71. The van der Waals surface area contributed by atoms with Crippen LogP contribution in [0.3, 0.4) is 0 Å². The lowest BCUT2D eigenvalue weighted by Gasteiger charge is -2.62. The van der Waals surface area contributed by atoms with E-state index in [0.717, 1.165) is 0 Å². The van der Waals surface area contributed by atoms with Crippen molar-refractivity contribution in [2.45, 2.75) is 77.0 Å². The van der Waals surface area contributed by atoms with Crippen LogP contribution in [0.25, 0.3) is 0 Å². The van der Waals surface area contributed by atoms with Crippen LogP contribution in [0.4, 0.5) is 0 Å². The Morgan fingerprint density at radius 3 is 1.40 bits per heavy atom. The molecular formula is C20H24. The monoisotopic (exact) mass is 264 g/mol. The van der Waals surface area contributed by atoms with Crippen LogP contribution < -0.4 is 0 Å². The first-order valence-corrected chi connectivity index (χ1v) is 9.08. The van der Waals surface area contributed by atoms with Crippen LogP contribution in [0.15, 0.2) is 33.4 Å². The van der Waals surface area contributed by atoms with E-state index in [2.05, 4.69) is 0 Å². The quantitative estimate of drug-likeness (QED) is 0.499. The molecule has 0 bridgehead atoms. The molecule has 0 saturated heterocycles. The predicted molar refractivity (Wildman–Crippen MR) is 81.3 cm³/mol. The van der Waals surface area contributed by atoms with Crippen LogP contribution in [0.5, 0.6) is 0 Å². The van der Waals surface area contributed by atoms with Gasteiger partial charge >= 0.3 is 0 Å². The molecule has 0 heterocycles. The lowest BCUT2D eigenvalue weighted by molar-refractivity contribution is 0.146. The summed E-state index contributed by atoms with van der Waals surface area (Å²) in [5, 5.41) is 0. The fourth-order valence-corrected chi connectivity index (χ4v) is 7.76. The van der Waals surface area contributed by atoms with Crippen molar-refractivity contribution in [1.29, 1.82) is 0 Å². The van der Waals surface area contributed by atoms with Crippen molar-refractivity contribution in [3.05, 3.63) is 33.4 Å². The summed E-state index contributed by atoms with van der Waals surface area (Å²) in [6, 6.07) is 0. The number of allylic oxidation sites excluding steroid dienone is 6. The molecule has 6 aliphatic rings. The van der Waals surface area contributed by atoms with Crippen LogP contribution in [0.1, 0.15) is 77.0 Å². The van der Waals surface area contributed by atoms with Gasteiger partial charge in [0.15, 0.2) is 0 Å². The van der Waals surface area contributed by atoms with Crippen LogP contribution in [0.2, 0.25) is 0 Å². The molecule has 6 aliphatic carbocycles. The Kier molecular flexibility index (Phi) is 1.73. The lowest BCUT2D eigenvalue weighted by Crippen LogP contribution is -2.53. The molecule has 0 N–H and O–H groups in total. The number of fused-ring (bicyclic) bond motifs is 1. The Balaban J connectivity index is 1.73. The first-order valence-electron chi connectivity index (χ1n) is 9.08. The maximum absolute atomic E-state index is 1.98. The lowest BCUT2D eigenvalue weighted by atomic mass is 9.40. The SMILES string of the molecule is C1CC2=C(C1)C13CCCC1=C1CCCC13C1=C2CCC1. The van der Waals surface area contributed by atoms with Gasteiger partial charge in [0.25, 0.3) is 0 Å². The molecular weight excluding hydrogens is 240 g/mol. The highest BCUT2D eigenvalue weighted by molar-refractivity contribution is 5.68. The third-order valence-corrected chi connectivity index (χ3v) is 7.91. The summed E-state index contributed by atoms with van der Waals surface area (Å²) < 4.78 is 0. The molecule has 0 aromatic heterocycles. The molecule has 20 heavy (non-hydrogen) atoms. The summed E-state index contributed by atoms with van der Waals surface area (Å²) in [4.78, 5) is 0. The van der Waals surface area contributed by atoms with Crippen molar-refractivity contribution in [2.24, 2.45) is 10.8 Å². The number of hydrogen-bond acceptors (Lipinski definition) is 0. The van der Waals surface area contributed by atoms with E-state index < -0.39 is 0 Å². The minimum Gasteiger partial charge on any atom is -0.0586 e. The third-order valence-electron chi connectivity index (χ3n) is 7.91. The zero-order valence-electron chi connectivity index (χ0n) is 12.5. The topological polar surface area (TPSA) is 0 Å². The summed E-state index contributed by atoms with van der Waals surface area (Å²) in [6.07, 6.45) is 17.6. The Labute approximate surface area is 122 Å². The molecule has 0 amide bonds. The van der Waals surface area contributed by atoms with E-state index in [1.807, 2.05) is 33.4 Å². The van der Waals surface area contributed by atoms with Gasteiger partial charge in [-0.15, -0.1) is 0 Å². The molecule has 2 fully saturated rings. The van der Waals surface area contributed by atoms with Gasteiger partial charge in [-0.1, -0.05) is 22.3 Å². The first-order chi connectivity index (χ1) is 9.89. The molecule has 0 atom stereocenters. The molecule has 104 valence electrons. The fourth-order valence-electron chi connectivity index (χ4n) is 7.76. The van der Waals surface area contributed by atoms with Crippen molar-refractivity contribution in [3.8, 4) is 0 Å². The molecule has 0 aliphatic heterocycles. The third kappa shape index (κ3) is 0.822. The van der Waals surface area contributed by atoms with Gasteiger partial charge in [0.1, 0.15) is 0 Å². The number of hydrogen-bond donors (Lipinski definition) is 0. The second-order valence-electron chi connectivity index (χ2n) is 8.10. The van der Waals surface area contributed by atoms with Crippen LogP contribution >= 0.6 is 0 Å². The molecule has 0 radical (unpaired) electrons. The van der Waals surface area contributed by atoms with Crippen molar-refractivity contribution < 1.29 is 0 Å². The number of rotatable bonds is 0. The first kappa shape index (κ1) is 10.9. The molecule has 0 unspecified atom stereocenters. The zero-order valence-corrected chi connectivity index (χ0v) is 12.5. The summed E-state index contributed by atoms with van der Waals surface area (Å²) in [5.74, 6) is 0. The molecule has 0 heteroatoms. The van der Waals surface area contributed by atoms with Gasteiger partial charge in [0, 0.05) is 10.8 Å². The van der Waals surface area contributed by atoms with Crippen molar-refractivity contribution in [3.63, 3.8) is 0 Å². The van der Waals surface area contributed by atoms with E-state index >= 15 is 0 Å². The second-order valence-corrected chi connectivity index (χ2v) is 8.10. The standard InChI is InChI=1S/C20H24/c1-5-13-14-6-2-8-16(14)20-12-4-10-18(20)17-9-3-11-19(17,20)15(13)7-1/h1-12H2. The van der Waals surface area contributed by atoms with Gasteiger partial charge in [0.05, 0.1) is 0 Å². The van der Waals surface area contributed by atoms with Crippen LogP contribution in [-0.2, 0) is 0 Å². The van der Waals surface area contributed by atoms with E-state index in [1.165, 1.54) is 77.0 Å². The van der Waals surface area contributed by atoms with Crippen molar-refractivity contribution in [1.82, 2.24) is 0 Å². The van der Waals surface area contributed by atoms with Crippen molar-refractivity contribution >= 4 is 0 Å². The van der Waals surface area contributed by atoms with Crippen LogP contribution in [0, 0.1) is 10.8 Å². The predicted octanol–water partition coefficient (Wildman–Crippen LogP) is 5.61. The highest BCUT2D eigenvalue weighted by atomic mass is 14.7. The Morgan fingerprint density at radius 1 is 0.450 bits per heavy atom. The van der Waals surface area contributed by atoms with Gasteiger partial charge in [-0.25, -0.2) is 0 Å². The fraction of sp³-hybridized carbons (Fsp3) is 0.700. The molecule has 0 nitrogen and oxygen atoms in total. The maximum atomic E-state index is 1.98. The average Bonchev–Trinajstić information content (AvgIpc) is 3.19. The molecule has 2 spiro atoms. The van der Waals surface area contributed by atoms with Gasteiger partial charge in [-0.2, -0.15) is 0 Å². The summed E-state index contributed by atoms with van der Waals surface area (Å²) in [7, 11) is 0. The smallest absolute Gasteiger partial charge is 0.0260 e. The zero-order chi connectivity index (χ0) is 12.9. The minimum atomic E-state index is 0.605. The maximum Gasteiger partial charge on any atom is 0.0260 e. The van der Waals surface area contributed by atoms with E-state index in [-0.39, 0.29) is 0 Å². The van der Waals surface area contributed by atoms with Gasteiger partial charge < -0.3 is 0 Å². The average molecular weight is 264 g/mol. The normalized spacial score (nSPS) is 44.4. The molecule has 6 rings (SSSR count). The van der Waals surface area contributed by atoms with Gasteiger partial charge in [-0.3, -0.25) is 0 Å². The highest BCUT2D eigenvalue weighted by Crippen LogP contribution is 2.82. The minimum absolute atomic E-state index is 0.605. The summed E-state index contributed by atoms with van der Waals surface area (Å²) >= 11 is 0. The summed E-state index contributed by atoms with van der Waals surface area (Å²) in [6.45, 7) is 0. The summed E-state index contributed by atoms with van der Waals surface area (Å²) in [5.41, 5.74) is 12.9.